The number of benzene rings is 1. The quantitative estimate of drug-likeness (QED) is 0.803. The number of hydrogen-bond donors (Lipinski definition) is 2. The number of ether oxygens (including phenoxy) is 1. The van der Waals surface area contributed by atoms with Crippen LogP contribution < -0.4 is 5.32 Å². The van der Waals surface area contributed by atoms with Crippen LogP contribution in [0.2, 0.25) is 0 Å². The van der Waals surface area contributed by atoms with E-state index in [0.29, 0.717) is 25.6 Å². The fourth-order valence-corrected chi connectivity index (χ4v) is 3.41. The second-order valence-corrected chi connectivity index (χ2v) is 7.06. The Morgan fingerprint density at radius 1 is 1.20 bits per heavy atom. The first kappa shape index (κ1) is 18.0. The van der Waals surface area contributed by atoms with Crippen LogP contribution in [-0.4, -0.2) is 35.1 Å². The molecular formula is C19H27N3O3. The molecule has 2 aromatic rings. The summed E-state index contributed by atoms with van der Waals surface area (Å²) in [6, 6.07) is 10.2. The van der Waals surface area contributed by atoms with Gasteiger partial charge in [-0.3, -0.25) is 0 Å². The fraction of sp³-hybridized carbons (Fsp3) is 0.579. The van der Waals surface area contributed by atoms with E-state index in [1.807, 2.05) is 32.0 Å². The van der Waals surface area contributed by atoms with Gasteiger partial charge in [0.2, 0.25) is 5.89 Å². The lowest BCUT2D eigenvalue weighted by atomic mass is 9.72. The standard InChI is InChI=1S/C19H27N3O3/c1-14(2)18-21-16(25-22-18)12-20-17(15-6-4-3-5-7-15)19(13-23)8-10-24-11-9-19/h3-7,14,17,20,23H,8-13H2,1-2H3. The minimum Gasteiger partial charge on any atom is -0.396 e. The molecule has 3 rings (SSSR count). The van der Waals surface area contributed by atoms with Crippen LogP contribution >= 0.6 is 0 Å². The Bertz CT molecular complexity index is 651. The maximum atomic E-state index is 10.2. The van der Waals surface area contributed by atoms with Crippen LogP contribution in [0, 0.1) is 5.41 Å². The molecule has 6 nitrogen and oxygen atoms in total. The molecule has 136 valence electrons. The van der Waals surface area contributed by atoms with Gasteiger partial charge in [-0.2, -0.15) is 4.98 Å². The lowest BCUT2D eigenvalue weighted by Crippen LogP contribution is -2.44. The van der Waals surface area contributed by atoms with Gasteiger partial charge in [0.25, 0.3) is 0 Å². The highest BCUT2D eigenvalue weighted by molar-refractivity contribution is 5.22. The van der Waals surface area contributed by atoms with E-state index < -0.39 is 0 Å². The molecule has 1 unspecified atom stereocenters. The van der Waals surface area contributed by atoms with Crippen LogP contribution in [0.5, 0.6) is 0 Å². The summed E-state index contributed by atoms with van der Waals surface area (Å²) in [7, 11) is 0. The van der Waals surface area contributed by atoms with Crippen molar-refractivity contribution in [1.29, 1.82) is 0 Å². The van der Waals surface area contributed by atoms with Crippen LogP contribution in [0.1, 0.15) is 55.9 Å². The largest absolute Gasteiger partial charge is 0.396 e. The molecule has 2 heterocycles. The van der Waals surface area contributed by atoms with E-state index in [0.717, 1.165) is 24.2 Å². The summed E-state index contributed by atoms with van der Waals surface area (Å²) in [6.07, 6.45) is 1.63. The second kappa shape index (κ2) is 8.08. The summed E-state index contributed by atoms with van der Waals surface area (Å²) in [5.41, 5.74) is 0.905. The van der Waals surface area contributed by atoms with Gasteiger partial charge in [0.15, 0.2) is 5.82 Å². The van der Waals surface area contributed by atoms with E-state index in [2.05, 4.69) is 27.6 Å². The maximum absolute atomic E-state index is 10.2. The zero-order valence-corrected chi connectivity index (χ0v) is 14.9. The predicted molar refractivity (Wildman–Crippen MR) is 94.0 cm³/mol. The molecule has 0 spiro atoms. The van der Waals surface area contributed by atoms with Gasteiger partial charge in [-0.1, -0.05) is 49.3 Å². The number of nitrogens with one attached hydrogen (secondary N) is 1. The summed E-state index contributed by atoms with van der Waals surface area (Å²) in [6.45, 7) is 6.01. The molecule has 0 amide bonds. The van der Waals surface area contributed by atoms with Gasteiger partial charge in [0, 0.05) is 30.6 Å². The molecule has 0 bridgehead atoms. The van der Waals surface area contributed by atoms with Crippen molar-refractivity contribution < 1.29 is 14.4 Å². The number of aliphatic hydroxyl groups excluding tert-OH is 1. The number of aliphatic hydroxyl groups is 1. The van der Waals surface area contributed by atoms with E-state index in [4.69, 9.17) is 9.26 Å². The van der Waals surface area contributed by atoms with E-state index in [9.17, 15) is 5.11 Å². The highest BCUT2D eigenvalue weighted by Gasteiger charge is 2.40. The van der Waals surface area contributed by atoms with Crippen molar-refractivity contribution in [2.45, 2.75) is 45.2 Å². The van der Waals surface area contributed by atoms with Crippen molar-refractivity contribution in [1.82, 2.24) is 15.5 Å². The van der Waals surface area contributed by atoms with Crippen LogP contribution in [-0.2, 0) is 11.3 Å². The first-order valence-corrected chi connectivity index (χ1v) is 8.94. The molecule has 0 saturated carbocycles. The molecule has 25 heavy (non-hydrogen) atoms. The SMILES string of the molecule is CC(C)c1noc(CNC(c2ccccc2)C2(CO)CCOCC2)n1. The minimum atomic E-state index is -0.250. The molecule has 1 aliphatic heterocycles. The van der Waals surface area contributed by atoms with Crippen LogP contribution in [0.3, 0.4) is 0 Å². The number of aromatic nitrogens is 2. The maximum Gasteiger partial charge on any atom is 0.240 e. The molecule has 1 fully saturated rings. The molecule has 1 aromatic heterocycles. The van der Waals surface area contributed by atoms with Gasteiger partial charge in [0.05, 0.1) is 13.2 Å². The summed E-state index contributed by atoms with van der Waals surface area (Å²) in [5, 5.41) is 17.8. The van der Waals surface area contributed by atoms with E-state index in [-0.39, 0.29) is 24.0 Å². The first-order valence-electron chi connectivity index (χ1n) is 8.94. The van der Waals surface area contributed by atoms with Gasteiger partial charge in [-0.05, 0) is 18.4 Å². The summed E-state index contributed by atoms with van der Waals surface area (Å²) >= 11 is 0. The lowest BCUT2D eigenvalue weighted by Gasteiger charge is -2.42. The Kier molecular flexibility index (Phi) is 5.83. The first-order chi connectivity index (χ1) is 12.1. The zero-order valence-electron chi connectivity index (χ0n) is 14.9. The molecule has 1 saturated heterocycles. The van der Waals surface area contributed by atoms with Crippen LogP contribution in [0.4, 0.5) is 0 Å². The van der Waals surface area contributed by atoms with Gasteiger partial charge < -0.3 is 19.7 Å². The van der Waals surface area contributed by atoms with E-state index in [1.165, 1.54) is 0 Å². The molecule has 1 aliphatic rings. The lowest BCUT2D eigenvalue weighted by molar-refractivity contribution is -0.0391. The Hall–Kier alpha value is -1.76. The third-order valence-corrected chi connectivity index (χ3v) is 5.01. The normalized spacial score (nSPS) is 18.4. The van der Waals surface area contributed by atoms with E-state index in [1.54, 1.807) is 0 Å². The third-order valence-electron chi connectivity index (χ3n) is 5.01. The predicted octanol–water partition coefficient (Wildman–Crippen LogP) is 2.81. The highest BCUT2D eigenvalue weighted by atomic mass is 16.5. The molecule has 1 atom stereocenters. The smallest absolute Gasteiger partial charge is 0.240 e. The Labute approximate surface area is 148 Å². The number of rotatable bonds is 7. The van der Waals surface area contributed by atoms with Crippen molar-refractivity contribution in [3.05, 3.63) is 47.6 Å². The van der Waals surface area contributed by atoms with Gasteiger partial charge >= 0.3 is 0 Å². The van der Waals surface area contributed by atoms with Crippen molar-refractivity contribution in [3.8, 4) is 0 Å². The third kappa shape index (κ3) is 4.08. The number of nitrogens with zero attached hydrogens (tertiary/aromatic N) is 2. The van der Waals surface area contributed by atoms with Gasteiger partial charge in [-0.25, -0.2) is 0 Å². The van der Waals surface area contributed by atoms with Crippen molar-refractivity contribution in [2.75, 3.05) is 19.8 Å². The molecule has 6 heteroatoms. The van der Waals surface area contributed by atoms with Crippen molar-refractivity contribution >= 4 is 0 Å². The summed E-state index contributed by atoms with van der Waals surface area (Å²) in [5.74, 6) is 1.53. The molecule has 1 aromatic carbocycles. The number of hydrogen-bond acceptors (Lipinski definition) is 6. The average molecular weight is 345 g/mol. The minimum absolute atomic E-state index is 0.00278. The van der Waals surface area contributed by atoms with Gasteiger partial charge in [-0.15, -0.1) is 0 Å². The van der Waals surface area contributed by atoms with Gasteiger partial charge in [0.1, 0.15) is 0 Å². The Balaban J connectivity index is 1.81. The Morgan fingerprint density at radius 2 is 1.92 bits per heavy atom. The van der Waals surface area contributed by atoms with Crippen LogP contribution in [0.25, 0.3) is 0 Å². The summed E-state index contributed by atoms with van der Waals surface area (Å²) in [4.78, 5) is 4.44. The average Bonchev–Trinajstić information content (AvgIpc) is 3.13. The summed E-state index contributed by atoms with van der Waals surface area (Å²) < 4.78 is 10.9. The fourth-order valence-electron chi connectivity index (χ4n) is 3.41. The highest BCUT2D eigenvalue weighted by Crippen LogP contribution is 2.42. The van der Waals surface area contributed by atoms with E-state index >= 15 is 0 Å². The zero-order chi connectivity index (χ0) is 17.7. The molecular weight excluding hydrogens is 318 g/mol. The van der Waals surface area contributed by atoms with Crippen LogP contribution in [0.15, 0.2) is 34.9 Å². The second-order valence-electron chi connectivity index (χ2n) is 7.06. The topological polar surface area (TPSA) is 80.4 Å². The molecule has 0 radical (unpaired) electrons. The molecule has 0 aliphatic carbocycles. The monoisotopic (exact) mass is 345 g/mol. The van der Waals surface area contributed by atoms with Crippen molar-refractivity contribution in [2.24, 2.45) is 5.41 Å². The van der Waals surface area contributed by atoms with Crippen molar-refractivity contribution in [3.63, 3.8) is 0 Å². The molecule has 2 N–H and O–H groups in total. The Morgan fingerprint density at radius 3 is 2.52 bits per heavy atom.